The topological polar surface area (TPSA) is 66.9 Å². The summed E-state index contributed by atoms with van der Waals surface area (Å²) in [5, 5.41) is 0. The molecule has 0 unspecified atom stereocenters. The number of rotatable bonds is 6. The molecule has 0 spiro atoms. The summed E-state index contributed by atoms with van der Waals surface area (Å²) < 4.78 is 5.49. The molecule has 0 bridgehead atoms. The summed E-state index contributed by atoms with van der Waals surface area (Å²) in [7, 11) is 1.46. The number of carbonyl (C=O) groups excluding carboxylic acids is 3. The van der Waals surface area contributed by atoms with E-state index in [9.17, 15) is 14.4 Å². The predicted octanol–water partition coefficient (Wildman–Crippen LogP) is 3.80. The third-order valence-corrected chi connectivity index (χ3v) is 6.31. The maximum Gasteiger partial charge on any atom is 0.261 e. The van der Waals surface area contributed by atoms with Gasteiger partial charge in [-0.15, -0.1) is 0 Å². The Kier molecular flexibility index (Phi) is 6.07. The second kappa shape index (κ2) is 8.92. The maximum absolute atomic E-state index is 12.9. The third kappa shape index (κ3) is 4.33. The largest absolute Gasteiger partial charge is 0.494 e. The van der Waals surface area contributed by atoms with Crippen molar-refractivity contribution in [1.29, 1.82) is 0 Å². The lowest BCUT2D eigenvalue weighted by atomic mass is 9.90. The van der Waals surface area contributed by atoms with Gasteiger partial charge in [-0.25, -0.2) is 0 Å². The number of imide groups is 1. The monoisotopic (exact) mass is 420 g/mol. The average Bonchev–Trinajstić information content (AvgIpc) is 3.02. The summed E-state index contributed by atoms with van der Waals surface area (Å²) in [6, 6.07) is 13.1. The molecule has 2 aromatic carbocycles. The average molecular weight is 421 g/mol. The zero-order valence-corrected chi connectivity index (χ0v) is 18.1. The number of aryl methyl sites for hydroxylation is 1. The van der Waals surface area contributed by atoms with Gasteiger partial charge in [-0.2, -0.15) is 0 Å². The molecule has 1 fully saturated rings. The number of hydrogen-bond donors (Lipinski definition) is 0. The van der Waals surface area contributed by atoms with Crippen LogP contribution in [0.5, 0.6) is 5.75 Å². The third-order valence-electron chi connectivity index (χ3n) is 6.31. The van der Waals surface area contributed by atoms with Gasteiger partial charge < -0.3 is 9.64 Å². The van der Waals surface area contributed by atoms with Crippen molar-refractivity contribution in [2.45, 2.75) is 32.6 Å². The molecule has 1 saturated heterocycles. The Hall–Kier alpha value is -3.15. The SMILES string of the molecule is CCOc1ccc(CCC2CCN(C(=O)c3ccc4c(c3)C(=O)N(C)C4=O)CC2)cc1. The second-order valence-electron chi connectivity index (χ2n) is 8.28. The maximum atomic E-state index is 12.9. The van der Waals surface area contributed by atoms with Crippen LogP contribution < -0.4 is 4.74 Å². The molecule has 3 amide bonds. The van der Waals surface area contributed by atoms with Gasteiger partial charge in [0.2, 0.25) is 0 Å². The number of fused-ring (bicyclic) bond motifs is 1. The van der Waals surface area contributed by atoms with Crippen molar-refractivity contribution >= 4 is 17.7 Å². The molecule has 0 saturated carbocycles. The van der Waals surface area contributed by atoms with E-state index in [0.717, 1.165) is 49.4 Å². The van der Waals surface area contributed by atoms with Crippen LogP contribution in [-0.4, -0.2) is 54.3 Å². The predicted molar refractivity (Wildman–Crippen MR) is 117 cm³/mol. The fourth-order valence-electron chi connectivity index (χ4n) is 4.39. The molecule has 0 aliphatic carbocycles. The highest BCUT2D eigenvalue weighted by Crippen LogP contribution is 2.26. The van der Waals surface area contributed by atoms with Gasteiger partial charge in [-0.05, 0) is 74.4 Å². The fraction of sp³-hybridized carbons (Fsp3) is 0.400. The van der Waals surface area contributed by atoms with Crippen LogP contribution in [0, 0.1) is 5.92 Å². The Labute approximate surface area is 182 Å². The van der Waals surface area contributed by atoms with E-state index in [1.165, 1.54) is 12.6 Å². The van der Waals surface area contributed by atoms with Gasteiger partial charge in [0.1, 0.15) is 5.75 Å². The lowest BCUT2D eigenvalue weighted by molar-refractivity contribution is 0.0682. The van der Waals surface area contributed by atoms with Crippen molar-refractivity contribution in [3.05, 3.63) is 64.7 Å². The molecule has 2 aliphatic rings. The molecule has 31 heavy (non-hydrogen) atoms. The first kappa shape index (κ1) is 21.1. The quantitative estimate of drug-likeness (QED) is 0.667. The van der Waals surface area contributed by atoms with Crippen LogP contribution in [0.1, 0.15) is 62.8 Å². The zero-order valence-electron chi connectivity index (χ0n) is 18.1. The minimum absolute atomic E-state index is 0.0671. The lowest BCUT2D eigenvalue weighted by Gasteiger charge is -2.32. The fourth-order valence-corrected chi connectivity index (χ4v) is 4.39. The zero-order chi connectivity index (χ0) is 22.0. The molecule has 6 nitrogen and oxygen atoms in total. The molecule has 0 atom stereocenters. The summed E-state index contributed by atoms with van der Waals surface area (Å²) >= 11 is 0. The first-order valence-corrected chi connectivity index (χ1v) is 11.0. The van der Waals surface area contributed by atoms with Crippen LogP contribution in [0.2, 0.25) is 0 Å². The van der Waals surface area contributed by atoms with Crippen LogP contribution in [-0.2, 0) is 6.42 Å². The Morgan fingerprint density at radius 2 is 1.68 bits per heavy atom. The second-order valence-corrected chi connectivity index (χ2v) is 8.28. The molecule has 162 valence electrons. The van der Waals surface area contributed by atoms with E-state index in [2.05, 4.69) is 12.1 Å². The number of benzene rings is 2. The normalized spacial score (nSPS) is 16.6. The van der Waals surface area contributed by atoms with Crippen molar-refractivity contribution in [2.24, 2.45) is 5.92 Å². The first-order valence-electron chi connectivity index (χ1n) is 11.0. The van der Waals surface area contributed by atoms with Gasteiger partial charge in [0, 0.05) is 25.7 Å². The van der Waals surface area contributed by atoms with E-state index in [4.69, 9.17) is 4.74 Å². The van der Waals surface area contributed by atoms with Crippen molar-refractivity contribution in [3.8, 4) is 5.75 Å². The number of hydrogen-bond acceptors (Lipinski definition) is 4. The summed E-state index contributed by atoms with van der Waals surface area (Å²) in [6.07, 6.45) is 4.10. The summed E-state index contributed by atoms with van der Waals surface area (Å²) in [5.41, 5.74) is 2.48. The van der Waals surface area contributed by atoms with Crippen molar-refractivity contribution in [1.82, 2.24) is 9.80 Å². The Bertz CT molecular complexity index is 991. The highest BCUT2D eigenvalue weighted by atomic mass is 16.5. The standard InChI is InChI=1S/C25H28N2O4/c1-3-31-20-9-6-17(7-10-20)4-5-18-12-14-27(15-13-18)23(28)19-8-11-21-22(16-19)25(30)26(2)24(21)29/h6-11,16,18H,3-5,12-15H2,1-2H3. The van der Waals surface area contributed by atoms with E-state index < -0.39 is 0 Å². The molecule has 2 aliphatic heterocycles. The minimum Gasteiger partial charge on any atom is -0.494 e. The van der Waals surface area contributed by atoms with Crippen molar-refractivity contribution in [2.75, 3.05) is 26.7 Å². The van der Waals surface area contributed by atoms with E-state index >= 15 is 0 Å². The molecular weight excluding hydrogens is 392 g/mol. The number of ether oxygens (including phenoxy) is 1. The Balaban J connectivity index is 1.30. The van der Waals surface area contributed by atoms with Crippen LogP contribution in [0.3, 0.4) is 0 Å². The first-order chi connectivity index (χ1) is 15.0. The van der Waals surface area contributed by atoms with Crippen LogP contribution in [0.4, 0.5) is 0 Å². The minimum atomic E-state index is -0.345. The molecule has 0 N–H and O–H groups in total. The van der Waals surface area contributed by atoms with Crippen LogP contribution >= 0.6 is 0 Å². The molecular formula is C25H28N2O4. The summed E-state index contributed by atoms with van der Waals surface area (Å²) in [6.45, 7) is 4.09. The smallest absolute Gasteiger partial charge is 0.261 e. The van der Waals surface area contributed by atoms with Crippen molar-refractivity contribution in [3.63, 3.8) is 0 Å². The van der Waals surface area contributed by atoms with Gasteiger partial charge >= 0.3 is 0 Å². The molecule has 2 heterocycles. The van der Waals surface area contributed by atoms with Crippen LogP contribution in [0.15, 0.2) is 42.5 Å². The van der Waals surface area contributed by atoms with E-state index in [1.54, 1.807) is 18.2 Å². The van der Waals surface area contributed by atoms with E-state index in [-0.39, 0.29) is 17.7 Å². The van der Waals surface area contributed by atoms with Crippen LogP contribution in [0.25, 0.3) is 0 Å². The Morgan fingerprint density at radius 3 is 2.35 bits per heavy atom. The number of nitrogens with zero attached hydrogens (tertiary/aromatic N) is 2. The molecule has 0 radical (unpaired) electrons. The van der Waals surface area contributed by atoms with Gasteiger partial charge in [0.05, 0.1) is 17.7 Å². The van der Waals surface area contributed by atoms with E-state index in [1.807, 2.05) is 24.0 Å². The molecule has 0 aromatic heterocycles. The number of piperidine rings is 1. The van der Waals surface area contributed by atoms with E-state index in [0.29, 0.717) is 29.2 Å². The number of likely N-dealkylation sites (tertiary alicyclic amines) is 1. The van der Waals surface area contributed by atoms with Gasteiger partial charge in [0.25, 0.3) is 17.7 Å². The van der Waals surface area contributed by atoms with Crippen molar-refractivity contribution < 1.29 is 19.1 Å². The Morgan fingerprint density at radius 1 is 1.00 bits per heavy atom. The molecule has 6 heteroatoms. The summed E-state index contributed by atoms with van der Waals surface area (Å²) in [5.74, 6) is 0.781. The lowest BCUT2D eigenvalue weighted by Crippen LogP contribution is -2.38. The highest BCUT2D eigenvalue weighted by Gasteiger charge is 2.34. The number of amides is 3. The van der Waals surface area contributed by atoms with Gasteiger partial charge in [-0.3, -0.25) is 19.3 Å². The highest BCUT2D eigenvalue weighted by molar-refractivity contribution is 6.21. The number of carbonyl (C=O) groups is 3. The molecule has 4 rings (SSSR count). The molecule has 2 aromatic rings. The summed E-state index contributed by atoms with van der Waals surface area (Å²) in [4.78, 5) is 40.2. The van der Waals surface area contributed by atoms with Gasteiger partial charge in [-0.1, -0.05) is 12.1 Å². The van der Waals surface area contributed by atoms with Gasteiger partial charge in [0.15, 0.2) is 0 Å².